The summed E-state index contributed by atoms with van der Waals surface area (Å²) in [7, 11) is 0. The highest BCUT2D eigenvalue weighted by Crippen LogP contribution is 2.20. The minimum absolute atomic E-state index is 0.0609. The molecule has 2 aromatic heterocycles. The quantitative estimate of drug-likeness (QED) is 0.493. The Morgan fingerprint density at radius 2 is 2.00 bits per heavy atom. The van der Waals surface area contributed by atoms with Gasteiger partial charge in [0.25, 0.3) is 17.7 Å². The normalized spacial score (nSPS) is 13.6. The number of aromatic nitrogens is 2. The number of rotatable bonds is 5. The van der Waals surface area contributed by atoms with E-state index >= 15 is 0 Å². The van der Waals surface area contributed by atoms with Gasteiger partial charge < -0.3 is 13.6 Å². The summed E-state index contributed by atoms with van der Waals surface area (Å²) >= 11 is 0. The highest BCUT2D eigenvalue weighted by molar-refractivity contribution is 6.11. The fourth-order valence-corrected chi connectivity index (χ4v) is 2.69. The molecule has 0 saturated carbocycles. The van der Waals surface area contributed by atoms with Crippen LogP contribution in [0.1, 0.15) is 21.8 Å². The van der Waals surface area contributed by atoms with Crippen molar-refractivity contribution in [2.45, 2.75) is 13.0 Å². The Balaban J connectivity index is 1.37. The number of carbonyl (C=O) groups excluding carboxylic acids is 3. The third kappa shape index (κ3) is 3.34. The molecule has 3 aromatic rings. The second-order valence-electron chi connectivity index (χ2n) is 5.76. The molecule has 3 heterocycles. The lowest BCUT2D eigenvalue weighted by atomic mass is 9.98. The van der Waals surface area contributed by atoms with Crippen molar-refractivity contribution in [2.75, 3.05) is 6.54 Å². The van der Waals surface area contributed by atoms with Crippen molar-refractivity contribution >= 4 is 17.8 Å². The van der Waals surface area contributed by atoms with Gasteiger partial charge in [0.05, 0.1) is 12.7 Å². The first-order valence-electron chi connectivity index (χ1n) is 8.06. The molecule has 0 bridgehead atoms. The number of fused-ring (bicyclic) bond motifs is 1. The van der Waals surface area contributed by atoms with E-state index in [1.54, 1.807) is 36.4 Å². The molecule has 27 heavy (non-hydrogen) atoms. The minimum Gasteiger partial charge on any atom is -0.459 e. The zero-order valence-electron chi connectivity index (χ0n) is 14.0. The van der Waals surface area contributed by atoms with Crippen LogP contribution in [-0.2, 0) is 27.4 Å². The van der Waals surface area contributed by atoms with E-state index in [-0.39, 0.29) is 24.8 Å². The average Bonchev–Trinajstić information content (AvgIpc) is 3.35. The molecular formula is C18H13N3O6. The van der Waals surface area contributed by atoms with Gasteiger partial charge in [0.15, 0.2) is 12.4 Å². The lowest BCUT2D eigenvalue weighted by Crippen LogP contribution is -2.45. The van der Waals surface area contributed by atoms with Crippen LogP contribution in [0.5, 0.6) is 0 Å². The molecule has 2 amide bonds. The fraction of sp³-hybridized carbons (Fsp3) is 0.167. The molecule has 1 aliphatic heterocycles. The van der Waals surface area contributed by atoms with Gasteiger partial charge in [0, 0.05) is 5.56 Å². The van der Waals surface area contributed by atoms with Crippen LogP contribution >= 0.6 is 0 Å². The third-order valence-corrected chi connectivity index (χ3v) is 3.98. The molecule has 9 heteroatoms. The number of ether oxygens (including phenoxy) is 1. The summed E-state index contributed by atoms with van der Waals surface area (Å²) < 4.78 is 15.5. The van der Waals surface area contributed by atoms with Gasteiger partial charge in [-0.15, -0.1) is 10.2 Å². The molecule has 0 unspecified atom stereocenters. The number of furan rings is 1. The summed E-state index contributed by atoms with van der Waals surface area (Å²) in [6, 6.07) is 10.1. The molecule has 0 radical (unpaired) electrons. The van der Waals surface area contributed by atoms with Gasteiger partial charge in [-0.2, -0.15) is 0 Å². The first-order valence-corrected chi connectivity index (χ1v) is 8.06. The van der Waals surface area contributed by atoms with Gasteiger partial charge in [0.2, 0.25) is 5.91 Å². The second kappa shape index (κ2) is 6.87. The van der Waals surface area contributed by atoms with E-state index in [0.717, 1.165) is 4.90 Å². The van der Waals surface area contributed by atoms with Crippen LogP contribution in [0.15, 0.2) is 51.5 Å². The molecule has 136 valence electrons. The van der Waals surface area contributed by atoms with Gasteiger partial charge in [0.1, 0.15) is 6.54 Å². The van der Waals surface area contributed by atoms with Crippen molar-refractivity contribution in [1.29, 1.82) is 0 Å². The van der Waals surface area contributed by atoms with E-state index in [0.29, 0.717) is 16.9 Å². The highest BCUT2D eigenvalue weighted by Gasteiger charge is 2.32. The van der Waals surface area contributed by atoms with Crippen LogP contribution in [0.4, 0.5) is 0 Å². The predicted molar refractivity (Wildman–Crippen MR) is 88.0 cm³/mol. The number of imide groups is 1. The number of carbonyl (C=O) groups is 3. The Labute approximate surface area is 152 Å². The van der Waals surface area contributed by atoms with Gasteiger partial charge in [-0.25, -0.2) is 0 Å². The molecule has 1 aromatic carbocycles. The summed E-state index contributed by atoms with van der Waals surface area (Å²) in [5, 5.41) is 7.53. The van der Waals surface area contributed by atoms with Gasteiger partial charge in [-0.05, 0) is 23.8 Å². The van der Waals surface area contributed by atoms with Gasteiger partial charge in [-0.1, -0.05) is 18.2 Å². The van der Waals surface area contributed by atoms with E-state index in [1.807, 2.05) is 0 Å². The minimum atomic E-state index is -0.756. The SMILES string of the molecule is O=C(CN1C(=O)Cc2ccccc2C1=O)OCc1nnc(-c2ccco2)o1. The largest absolute Gasteiger partial charge is 0.459 e. The van der Waals surface area contributed by atoms with Crippen molar-refractivity contribution in [1.82, 2.24) is 15.1 Å². The van der Waals surface area contributed by atoms with Gasteiger partial charge >= 0.3 is 5.97 Å². The molecule has 0 saturated heterocycles. The van der Waals surface area contributed by atoms with Crippen LogP contribution in [-0.4, -0.2) is 39.4 Å². The van der Waals surface area contributed by atoms with Gasteiger partial charge in [-0.3, -0.25) is 19.3 Å². The monoisotopic (exact) mass is 367 g/mol. The topological polar surface area (TPSA) is 116 Å². The predicted octanol–water partition coefficient (Wildman–Crippen LogP) is 1.60. The lowest BCUT2D eigenvalue weighted by Gasteiger charge is -2.25. The third-order valence-electron chi connectivity index (χ3n) is 3.98. The van der Waals surface area contributed by atoms with E-state index in [4.69, 9.17) is 13.6 Å². The fourth-order valence-electron chi connectivity index (χ4n) is 2.69. The van der Waals surface area contributed by atoms with Crippen molar-refractivity contribution in [3.63, 3.8) is 0 Å². The summed E-state index contributed by atoms with van der Waals surface area (Å²) in [6.07, 6.45) is 1.52. The Kier molecular flexibility index (Phi) is 4.25. The van der Waals surface area contributed by atoms with Crippen LogP contribution < -0.4 is 0 Å². The first-order chi connectivity index (χ1) is 13.1. The number of hydrogen-bond acceptors (Lipinski definition) is 8. The molecule has 0 aliphatic carbocycles. The van der Waals surface area contributed by atoms with E-state index in [1.165, 1.54) is 6.26 Å². The Morgan fingerprint density at radius 1 is 1.15 bits per heavy atom. The Bertz CT molecular complexity index is 1010. The Hall–Kier alpha value is -3.75. The number of esters is 1. The lowest BCUT2D eigenvalue weighted by molar-refractivity contribution is -0.149. The Morgan fingerprint density at radius 3 is 2.81 bits per heavy atom. The first kappa shape index (κ1) is 16.7. The van der Waals surface area contributed by atoms with Crippen LogP contribution in [0.3, 0.4) is 0 Å². The van der Waals surface area contributed by atoms with Crippen molar-refractivity contribution in [3.8, 4) is 11.7 Å². The molecule has 4 rings (SSSR count). The zero-order chi connectivity index (χ0) is 18.8. The zero-order valence-corrected chi connectivity index (χ0v) is 14.0. The van der Waals surface area contributed by atoms with Crippen molar-refractivity contribution in [3.05, 3.63) is 59.7 Å². The average molecular weight is 367 g/mol. The smallest absolute Gasteiger partial charge is 0.326 e. The molecule has 0 spiro atoms. The second-order valence-corrected chi connectivity index (χ2v) is 5.76. The molecule has 0 N–H and O–H groups in total. The standard InChI is InChI=1S/C18H13N3O6/c22-15-8-11-4-1-2-5-12(11)18(24)21(15)9-16(23)26-10-14-19-20-17(27-14)13-6-3-7-25-13/h1-7H,8-10H2. The summed E-state index contributed by atoms with van der Waals surface area (Å²) in [5.74, 6) is -1.11. The number of benzene rings is 1. The molecular weight excluding hydrogens is 354 g/mol. The number of nitrogens with zero attached hydrogens (tertiary/aromatic N) is 3. The summed E-state index contributed by atoms with van der Waals surface area (Å²) in [5.41, 5.74) is 1.05. The molecule has 1 aliphatic rings. The van der Waals surface area contributed by atoms with E-state index < -0.39 is 24.3 Å². The maximum absolute atomic E-state index is 12.4. The van der Waals surface area contributed by atoms with Crippen LogP contribution in [0.25, 0.3) is 11.7 Å². The van der Waals surface area contributed by atoms with E-state index in [2.05, 4.69) is 10.2 Å². The number of amides is 2. The molecule has 9 nitrogen and oxygen atoms in total. The molecule has 0 fully saturated rings. The van der Waals surface area contributed by atoms with E-state index in [9.17, 15) is 14.4 Å². The maximum Gasteiger partial charge on any atom is 0.326 e. The maximum atomic E-state index is 12.4. The van der Waals surface area contributed by atoms with Crippen LogP contribution in [0, 0.1) is 0 Å². The van der Waals surface area contributed by atoms with Crippen LogP contribution in [0.2, 0.25) is 0 Å². The molecule has 0 atom stereocenters. The summed E-state index contributed by atoms with van der Waals surface area (Å²) in [6.45, 7) is -0.759. The van der Waals surface area contributed by atoms with Crippen molar-refractivity contribution in [2.24, 2.45) is 0 Å². The van der Waals surface area contributed by atoms with Crippen molar-refractivity contribution < 1.29 is 28.0 Å². The summed E-state index contributed by atoms with van der Waals surface area (Å²) in [4.78, 5) is 37.5. The number of hydrogen-bond donors (Lipinski definition) is 0. The highest BCUT2D eigenvalue weighted by atomic mass is 16.5.